The van der Waals surface area contributed by atoms with Gasteiger partial charge in [-0.15, -0.1) is 11.3 Å². The Balaban J connectivity index is 1.61. The number of para-hydroxylation sites is 1. The first kappa shape index (κ1) is 18.8. The van der Waals surface area contributed by atoms with Gasteiger partial charge in [0.1, 0.15) is 5.01 Å². The van der Waals surface area contributed by atoms with Crippen molar-refractivity contribution in [2.45, 2.75) is 45.2 Å². The van der Waals surface area contributed by atoms with Crippen molar-refractivity contribution in [3.05, 3.63) is 29.3 Å². The van der Waals surface area contributed by atoms with Crippen LogP contribution in [0.3, 0.4) is 0 Å². The molecule has 0 saturated carbocycles. The van der Waals surface area contributed by atoms with E-state index in [0.29, 0.717) is 6.54 Å². The van der Waals surface area contributed by atoms with E-state index in [0.717, 1.165) is 36.3 Å². The van der Waals surface area contributed by atoms with Gasteiger partial charge in [-0.05, 0) is 45.4 Å². The first-order chi connectivity index (χ1) is 12.5. The number of nitrogens with zero attached hydrogens (tertiary/aromatic N) is 2. The molecular weight excluding hydrogens is 348 g/mol. The molecule has 2 aromatic rings. The van der Waals surface area contributed by atoms with Crippen molar-refractivity contribution in [3.63, 3.8) is 0 Å². The molecule has 2 heterocycles. The number of rotatable bonds is 6. The van der Waals surface area contributed by atoms with Crippen molar-refractivity contribution in [2.24, 2.45) is 0 Å². The van der Waals surface area contributed by atoms with Crippen LogP contribution < -0.4 is 10.6 Å². The molecule has 1 aromatic heterocycles. The molecule has 3 rings (SSSR count). The summed E-state index contributed by atoms with van der Waals surface area (Å²) in [7, 11) is 0. The lowest BCUT2D eigenvalue weighted by Gasteiger charge is -2.33. The van der Waals surface area contributed by atoms with Gasteiger partial charge >= 0.3 is 0 Å². The number of fused-ring (bicyclic) bond motifs is 1. The number of carbonyl (C=O) groups excluding carboxylic acids is 2. The molecule has 0 bridgehead atoms. The predicted molar refractivity (Wildman–Crippen MR) is 104 cm³/mol. The number of aromatic nitrogens is 1. The Bertz CT molecular complexity index is 741. The molecule has 1 aliphatic rings. The molecule has 1 fully saturated rings. The Labute approximate surface area is 158 Å². The van der Waals surface area contributed by atoms with Gasteiger partial charge in [0.2, 0.25) is 11.8 Å². The van der Waals surface area contributed by atoms with Gasteiger partial charge in [-0.25, -0.2) is 4.98 Å². The van der Waals surface area contributed by atoms with Crippen LogP contribution in [0.25, 0.3) is 10.2 Å². The monoisotopic (exact) mass is 374 g/mol. The Kier molecular flexibility index (Phi) is 6.21. The Morgan fingerprint density at radius 2 is 2.08 bits per heavy atom. The average Bonchev–Trinajstić information content (AvgIpc) is 3.04. The average molecular weight is 375 g/mol. The highest BCUT2D eigenvalue weighted by Crippen LogP contribution is 2.35. The van der Waals surface area contributed by atoms with Gasteiger partial charge in [0, 0.05) is 6.04 Å². The second-order valence-corrected chi connectivity index (χ2v) is 8.06. The molecule has 1 aromatic carbocycles. The fraction of sp³-hybridized carbons (Fsp3) is 0.526. The summed E-state index contributed by atoms with van der Waals surface area (Å²) < 4.78 is 1.18. The zero-order chi connectivity index (χ0) is 18.5. The maximum Gasteiger partial charge on any atom is 0.239 e. The second-order valence-electron chi connectivity index (χ2n) is 7.00. The lowest BCUT2D eigenvalue weighted by Crippen LogP contribution is -2.45. The number of amides is 2. The molecule has 0 spiro atoms. The minimum Gasteiger partial charge on any atom is -0.352 e. The SMILES string of the molecule is CC(C)NC(=O)CNC(=O)CN1CCCC[C@H]1c1nc2ccccc2s1. The normalized spacial score (nSPS) is 18.2. The lowest BCUT2D eigenvalue weighted by molar-refractivity contribution is -0.127. The number of hydrogen-bond donors (Lipinski definition) is 2. The zero-order valence-corrected chi connectivity index (χ0v) is 16.1. The summed E-state index contributed by atoms with van der Waals surface area (Å²) in [5.74, 6) is -0.272. The molecule has 2 amide bonds. The zero-order valence-electron chi connectivity index (χ0n) is 15.3. The number of piperidine rings is 1. The lowest BCUT2D eigenvalue weighted by atomic mass is 10.0. The van der Waals surface area contributed by atoms with Gasteiger partial charge in [-0.3, -0.25) is 14.5 Å². The van der Waals surface area contributed by atoms with E-state index in [4.69, 9.17) is 4.98 Å². The molecule has 7 heteroatoms. The fourth-order valence-electron chi connectivity index (χ4n) is 3.28. The van der Waals surface area contributed by atoms with E-state index in [-0.39, 0.29) is 30.4 Å². The van der Waals surface area contributed by atoms with Crippen molar-refractivity contribution >= 4 is 33.4 Å². The van der Waals surface area contributed by atoms with Crippen LogP contribution in [0.15, 0.2) is 24.3 Å². The smallest absolute Gasteiger partial charge is 0.239 e. The van der Waals surface area contributed by atoms with E-state index in [1.165, 1.54) is 4.70 Å². The fourth-order valence-corrected chi connectivity index (χ4v) is 4.42. The molecule has 6 nitrogen and oxygen atoms in total. The topological polar surface area (TPSA) is 74.3 Å². The maximum atomic E-state index is 12.3. The molecule has 0 radical (unpaired) electrons. The van der Waals surface area contributed by atoms with Gasteiger partial charge in [-0.1, -0.05) is 18.6 Å². The van der Waals surface area contributed by atoms with Gasteiger partial charge in [-0.2, -0.15) is 0 Å². The first-order valence-corrected chi connectivity index (χ1v) is 10.00. The summed E-state index contributed by atoms with van der Waals surface area (Å²) in [5.41, 5.74) is 1.02. The van der Waals surface area contributed by atoms with Crippen molar-refractivity contribution < 1.29 is 9.59 Å². The van der Waals surface area contributed by atoms with Crippen molar-refractivity contribution in [1.82, 2.24) is 20.5 Å². The van der Waals surface area contributed by atoms with Crippen LogP contribution in [0.5, 0.6) is 0 Å². The number of carbonyl (C=O) groups is 2. The van der Waals surface area contributed by atoms with Crippen LogP contribution in [0, 0.1) is 0 Å². The minimum atomic E-state index is -0.158. The second kappa shape index (κ2) is 8.60. The summed E-state index contributed by atoms with van der Waals surface area (Å²) in [6.07, 6.45) is 3.25. The summed E-state index contributed by atoms with van der Waals surface area (Å²) in [4.78, 5) is 31.0. The summed E-state index contributed by atoms with van der Waals surface area (Å²) >= 11 is 1.71. The standard InChI is InChI=1S/C19H26N4O2S/c1-13(2)21-17(24)11-20-18(25)12-23-10-6-5-8-15(23)19-22-14-7-3-4-9-16(14)26-19/h3-4,7,9,13,15H,5-6,8,10-12H2,1-2H3,(H,20,25)(H,21,24)/t15-/m0/s1. The highest BCUT2D eigenvalue weighted by molar-refractivity contribution is 7.18. The van der Waals surface area contributed by atoms with Gasteiger partial charge in [0.05, 0.1) is 29.3 Å². The predicted octanol–water partition coefficient (Wildman–Crippen LogP) is 2.46. The van der Waals surface area contributed by atoms with Crippen LogP contribution in [-0.2, 0) is 9.59 Å². The van der Waals surface area contributed by atoms with Crippen LogP contribution in [0.1, 0.15) is 44.2 Å². The Hall–Kier alpha value is -1.99. The van der Waals surface area contributed by atoms with Crippen molar-refractivity contribution in [3.8, 4) is 0 Å². The van der Waals surface area contributed by atoms with E-state index in [2.05, 4.69) is 21.6 Å². The Morgan fingerprint density at radius 3 is 2.85 bits per heavy atom. The van der Waals surface area contributed by atoms with Crippen LogP contribution in [0.2, 0.25) is 0 Å². The van der Waals surface area contributed by atoms with Crippen LogP contribution >= 0.6 is 11.3 Å². The molecule has 0 unspecified atom stereocenters. The molecular formula is C19H26N4O2S. The van der Waals surface area contributed by atoms with Crippen molar-refractivity contribution in [2.75, 3.05) is 19.6 Å². The third-order valence-corrected chi connectivity index (χ3v) is 5.59. The molecule has 0 aliphatic carbocycles. The molecule has 26 heavy (non-hydrogen) atoms. The Morgan fingerprint density at radius 1 is 1.27 bits per heavy atom. The summed E-state index contributed by atoms with van der Waals surface area (Å²) in [6.45, 7) is 5.00. The number of thiazole rings is 1. The van der Waals surface area contributed by atoms with E-state index in [9.17, 15) is 9.59 Å². The molecule has 140 valence electrons. The van der Waals surface area contributed by atoms with Gasteiger partial charge in [0.15, 0.2) is 0 Å². The molecule has 1 aliphatic heterocycles. The number of benzene rings is 1. The number of hydrogen-bond acceptors (Lipinski definition) is 5. The van der Waals surface area contributed by atoms with E-state index >= 15 is 0 Å². The molecule has 2 N–H and O–H groups in total. The maximum absolute atomic E-state index is 12.3. The van der Waals surface area contributed by atoms with Crippen LogP contribution in [0.4, 0.5) is 0 Å². The third kappa shape index (κ3) is 4.80. The molecule has 1 atom stereocenters. The first-order valence-electron chi connectivity index (χ1n) is 9.18. The highest BCUT2D eigenvalue weighted by atomic mass is 32.1. The van der Waals surface area contributed by atoms with E-state index in [1.807, 2.05) is 32.0 Å². The van der Waals surface area contributed by atoms with Crippen molar-refractivity contribution in [1.29, 1.82) is 0 Å². The number of likely N-dealkylation sites (tertiary alicyclic amines) is 1. The van der Waals surface area contributed by atoms with E-state index < -0.39 is 0 Å². The molecule has 1 saturated heterocycles. The van der Waals surface area contributed by atoms with E-state index in [1.54, 1.807) is 11.3 Å². The largest absolute Gasteiger partial charge is 0.352 e. The highest BCUT2D eigenvalue weighted by Gasteiger charge is 2.28. The third-order valence-electron chi connectivity index (χ3n) is 4.45. The van der Waals surface area contributed by atoms with Gasteiger partial charge < -0.3 is 10.6 Å². The quantitative estimate of drug-likeness (QED) is 0.815. The summed E-state index contributed by atoms with van der Waals surface area (Å²) in [6, 6.07) is 8.40. The van der Waals surface area contributed by atoms with Gasteiger partial charge in [0.25, 0.3) is 0 Å². The number of nitrogens with one attached hydrogen (secondary N) is 2. The minimum absolute atomic E-state index is 0.0245. The summed E-state index contributed by atoms with van der Waals surface area (Å²) in [5, 5.41) is 6.58. The van der Waals surface area contributed by atoms with Crippen LogP contribution in [-0.4, -0.2) is 47.4 Å².